The highest BCUT2D eigenvalue weighted by atomic mass is 32.1. The molecule has 4 nitrogen and oxygen atoms in total. The molecule has 1 atom stereocenters. The number of aliphatic imine (C=N–C) groups is 1. The fourth-order valence-corrected chi connectivity index (χ4v) is 1.88. The van der Waals surface area contributed by atoms with Gasteiger partial charge < -0.3 is 10.8 Å². The van der Waals surface area contributed by atoms with Crippen LogP contribution in [0, 0.1) is 0 Å². The van der Waals surface area contributed by atoms with E-state index >= 15 is 0 Å². The van der Waals surface area contributed by atoms with Gasteiger partial charge in [0.2, 0.25) is 0 Å². The molecule has 1 aromatic heterocycles. The number of hydrogen-bond donors (Lipinski definition) is 2. The van der Waals surface area contributed by atoms with Crippen molar-refractivity contribution in [3.8, 4) is 0 Å². The fourth-order valence-electron chi connectivity index (χ4n) is 1.25. The fraction of sp³-hybridized carbons (Fsp3) is 0.333. The standard InChI is InChI=1S/C12H16N2O2S/c13-6-1-4-11(12(15)16)14-7-2-3-10-5-8-17-9-10/h2-3,5,7-9,11H,1,4,6,13H2,(H,15,16)/b3-2+,14-7?. The van der Waals surface area contributed by atoms with Gasteiger partial charge in [0.05, 0.1) is 0 Å². The van der Waals surface area contributed by atoms with Crippen LogP contribution >= 0.6 is 11.3 Å². The Balaban J connectivity index is 2.46. The summed E-state index contributed by atoms with van der Waals surface area (Å²) in [5, 5.41) is 12.9. The summed E-state index contributed by atoms with van der Waals surface area (Å²) in [4.78, 5) is 14.8. The van der Waals surface area contributed by atoms with Crippen molar-refractivity contribution < 1.29 is 9.90 Å². The number of carboxylic acid groups (broad SMARTS) is 1. The van der Waals surface area contributed by atoms with Crippen molar-refractivity contribution in [3.63, 3.8) is 0 Å². The van der Waals surface area contributed by atoms with Gasteiger partial charge in [0.15, 0.2) is 0 Å². The first-order valence-electron chi connectivity index (χ1n) is 5.39. The minimum atomic E-state index is -0.904. The molecule has 0 aliphatic carbocycles. The summed E-state index contributed by atoms with van der Waals surface area (Å²) in [7, 11) is 0. The zero-order valence-electron chi connectivity index (χ0n) is 9.45. The quantitative estimate of drug-likeness (QED) is 0.729. The van der Waals surface area contributed by atoms with E-state index in [1.54, 1.807) is 17.4 Å². The molecule has 0 saturated heterocycles. The second kappa shape index (κ2) is 7.76. The molecule has 1 aromatic rings. The van der Waals surface area contributed by atoms with Gasteiger partial charge in [-0.2, -0.15) is 11.3 Å². The molecular formula is C12H16N2O2S. The number of nitrogens with two attached hydrogens (primary N) is 1. The normalized spacial score (nSPS) is 13.5. The molecule has 17 heavy (non-hydrogen) atoms. The van der Waals surface area contributed by atoms with Crippen LogP contribution in [-0.4, -0.2) is 29.9 Å². The van der Waals surface area contributed by atoms with Gasteiger partial charge in [0.25, 0.3) is 0 Å². The van der Waals surface area contributed by atoms with E-state index < -0.39 is 12.0 Å². The third kappa shape index (κ3) is 5.42. The van der Waals surface area contributed by atoms with Crippen molar-refractivity contribution in [2.24, 2.45) is 10.7 Å². The van der Waals surface area contributed by atoms with Crippen molar-refractivity contribution in [2.45, 2.75) is 18.9 Å². The molecule has 0 spiro atoms. The average Bonchev–Trinajstić information content (AvgIpc) is 2.80. The maximum absolute atomic E-state index is 10.9. The number of rotatable bonds is 7. The van der Waals surface area contributed by atoms with Gasteiger partial charge in [-0.25, -0.2) is 4.79 Å². The molecule has 0 radical (unpaired) electrons. The Hall–Kier alpha value is -1.46. The largest absolute Gasteiger partial charge is 0.480 e. The van der Waals surface area contributed by atoms with Crippen LogP contribution < -0.4 is 5.73 Å². The lowest BCUT2D eigenvalue weighted by Gasteiger charge is -2.04. The van der Waals surface area contributed by atoms with E-state index in [2.05, 4.69) is 4.99 Å². The SMILES string of the molecule is NCCCC(N=C/C=C/c1ccsc1)C(=O)O. The molecule has 1 rings (SSSR count). The molecule has 0 saturated carbocycles. The van der Waals surface area contributed by atoms with Crippen LogP contribution in [0.15, 0.2) is 27.9 Å². The predicted molar refractivity (Wildman–Crippen MR) is 71.6 cm³/mol. The summed E-state index contributed by atoms with van der Waals surface area (Å²) in [5.74, 6) is -0.904. The van der Waals surface area contributed by atoms with Gasteiger partial charge in [-0.3, -0.25) is 4.99 Å². The molecule has 0 aliphatic rings. The highest BCUT2D eigenvalue weighted by Crippen LogP contribution is 2.07. The van der Waals surface area contributed by atoms with E-state index in [0.29, 0.717) is 19.4 Å². The summed E-state index contributed by atoms with van der Waals surface area (Å²) in [6, 6.07) is 1.30. The third-order valence-electron chi connectivity index (χ3n) is 2.15. The summed E-state index contributed by atoms with van der Waals surface area (Å²) in [6.07, 6.45) is 6.33. The number of carboxylic acids is 1. The number of nitrogens with zero attached hydrogens (tertiary/aromatic N) is 1. The van der Waals surface area contributed by atoms with Gasteiger partial charge in [-0.1, -0.05) is 6.08 Å². The predicted octanol–water partition coefficient (Wildman–Crippen LogP) is 2.02. The van der Waals surface area contributed by atoms with E-state index in [1.165, 1.54) is 6.21 Å². The van der Waals surface area contributed by atoms with E-state index in [-0.39, 0.29) is 0 Å². The molecule has 0 bridgehead atoms. The molecular weight excluding hydrogens is 236 g/mol. The number of aliphatic carboxylic acids is 1. The smallest absolute Gasteiger partial charge is 0.328 e. The molecule has 1 unspecified atom stereocenters. The lowest BCUT2D eigenvalue weighted by Crippen LogP contribution is -2.19. The summed E-state index contributed by atoms with van der Waals surface area (Å²) < 4.78 is 0. The Morgan fingerprint density at radius 1 is 1.65 bits per heavy atom. The minimum absolute atomic E-state index is 0.481. The van der Waals surface area contributed by atoms with Crippen molar-refractivity contribution in [1.82, 2.24) is 0 Å². The second-order valence-corrected chi connectivity index (χ2v) is 4.28. The topological polar surface area (TPSA) is 75.7 Å². The Labute approximate surface area is 104 Å². The van der Waals surface area contributed by atoms with Crippen LogP contribution in [0.3, 0.4) is 0 Å². The summed E-state index contributed by atoms with van der Waals surface area (Å²) >= 11 is 1.62. The van der Waals surface area contributed by atoms with Gasteiger partial charge in [-0.15, -0.1) is 0 Å². The molecule has 5 heteroatoms. The van der Waals surface area contributed by atoms with Gasteiger partial charge >= 0.3 is 5.97 Å². The van der Waals surface area contributed by atoms with Crippen molar-refractivity contribution in [2.75, 3.05) is 6.54 Å². The van der Waals surface area contributed by atoms with Crippen LogP contribution in [0.25, 0.3) is 6.08 Å². The van der Waals surface area contributed by atoms with Crippen LogP contribution in [0.5, 0.6) is 0 Å². The Kier molecular flexibility index (Phi) is 6.21. The third-order valence-corrected chi connectivity index (χ3v) is 2.85. The minimum Gasteiger partial charge on any atom is -0.480 e. The summed E-state index contributed by atoms with van der Waals surface area (Å²) in [6.45, 7) is 0.490. The Bertz CT molecular complexity index is 385. The molecule has 0 amide bonds. The van der Waals surface area contributed by atoms with Gasteiger partial charge in [0.1, 0.15) is 6.04 Å². The van der Waals surface area contributed by atoms with E-state index in [0.717, 1.165) is 5.56 Å². The number of hydrogen-bond acceptors (Lipinski definition) is 4. The number of allylic oxidation sites excluding steroid dienone is 1. The monoisotopic (exact) mass is 252 g/mol. The molecule has 0 fully saturated rings. The number of carbonyl (C=O) groups is 1. The second-order valence-electron chi connectivity index (χ2n) is 3.50. The maximum atomic E-state index is 10.9. The lowest BCUT2D eigenvalue weighted by atomic mass is 10.1. The van der Waals surface area contributed by atoms with Gasteiger partial charge in [0, 0.05) is 6.21 Å². The Morgan fingerprint density at radius 2 is 2.47 bits per heavy atom. The van der Waals surface area contributed by atoms with E-state index in [1.807, 2.05) is 22.9 Å². The van der Waals surface area contributed by atoms with Crippen molar-refractivity contribution >= 4 is 29.6 Å². The maximum Gasteiger partial charge on any atom is 0.328 e. The molecule has 1 heterocycles. The molecule has 0 aliphatic heterocycles. The average molecular weight is 252 g/mol. The van der Waals surface area contributed by atoms with Crippen LogP contribution in [0.4, 0.5) is 0 Å². The zero-order valence-corrected chi connectivity index (χ0v) is 10.3. The molecule has 92 valence electrons. The molecule has 0 aromatic carbocycles. The Morgan fingerprint density at radius 3 is 3.06 bits per heavy atom. The van der Waals surface area contributed by atoms with Crippen LogP contribution in [0.1, 0.15) is 18.4 Å². The zero-order chi connectivity index (χ0) is 12.5. The van der Waals surface area contributed by atoms with Crippen LogP contribution in [0.2, 0.25) is 0 Å². The first-order valence-corrected chi connectivity index (χ1v) is 6.33. The highest BCUT2D eigenvalue weighted by molar-refractivity contribution is 7.08. The first-order chi connectivity index (χ1) is 8.24. The van der Waals surface area contributed by atoms with E-state index in [4.69, 9.17) is 10.8 Å². The van der Waals surface area contributed by atoms with E-state index in [9.17, 15) is 4.79 Å². The summed E-state index contributed by atoms with van der Waals surface area (Å²) in [5.41, 5.74) is 6.43. The number of thiophene rings is 1. The van der Waals surface area contributed by atoms with Gasteiger partial charge in [-0.05, 0) is 47.9 Å². The molecule has 3 N–H and O–H groups in total. The van der Waals surface area contributed by atoms with Crippen LogP contribution in [-0.2, 0) is 4.79 Å². The van der Waals surface area contributed by atoms with Crippen molar-refractivity contribution in [3.05, 3.63) is 28.5 Å². The lowest BCUT2D eigenvalue weighted by molar-refractivity contribution is -0.138. The first kappa shape index (κ1) is 13.6. The van der Waals surface area contributed by atoms with Crippen molar-refractivity contribution in [1.29, 1.82) is 0 Å². The highest BCUT2D eigenvalue weighted by Gasteiger charge is 2.13.